The fourth-order valence-corrected chi connectivity index (χ4v) is 8.12. The number of rotatable bonds is 30. The molecule has 0 amide bonds. The van der Waals surface area contributed by atoms with Crippen molar-refractivity contribution in [2.24, 2.45) is 0 Å². The van der Waals surface area contributed by atoms with Crippen LogP contribution in [0, 0.1) is 0 Å². The number of nitrogens with zero attached hydrogens (tertiary/aromatic N) is 2. The number of hydrogen-bond acceptors (Lipinski definition) is 9. The van der Waals surface area contributed by atoms with E-state index in [4.69, 9.17) is 24.4 Å². The average Bonchev–Trinajstić information content (AvgIpc) is 3.43. The number of aromatic nitrogens is 2. The lowest BCUT2D eigenvalue weighted by atomic mass is 10.1. The monoisotopic (exact) mass is 778 g/mol. The molecule has 1 saturated heterocycles. The van der Waals surface area contributed by atoms with Crippen LogP contribution in [0.4, 0.5) is 5.82 Å². The van der Waals surface area contributed by atoms with Crippen molar-refractivity contribution in [3.05, 3.63) is 22.7 Å². The maximum atomic E-state index is 13.4. The molecule has 0 bridgehead atoms. The van der Waals surface area contributed by atoms with Crippen molar-refractivity contribution < 1.29 is 28.2 Å². The zero-order chi connectivity index (χ0) is 39.8. The summed E-state index contributed by atoms with van der Waals surface area (Å²) in [6.45, 7) is 15.1. The second-order valence-electron chi connectivity index (χ2n) is 17.2. The van der Waals surface area contributed by atoms with Crippen LogP contribution in [0.25, 0.3) is 0 Å². The molecule has 54 heavy (non-hydrogen) atoms. The van der Waals surface area contributed by atoms with E-state index in [2.05, 4.69) is 52.7 Å². The first-order valence-electron chi connectivity index (χ1n) is 21.8. The van der Waals surface area contributed by atoms with Gasteiger partial charge in [-0.2, -0.15) is 4.98 Å². The third kappa shape index (κ3) is 18.6. The fourth-order valence-electron chi connectivity index (χ4n) is 6.80. The molecule has 2 rings (SSSR count). The summed E-state index contributed by atoms with van der Waals surface area (Å²) in [5.74, 6) is -0.569. The molecule has 0 radical (unpaired) electrons. The van der Waals surface area contributed by atoms with Gasteiger partial charge >= 0.3 is 17.6 Å². The molecule has 0 saturated carbocycles. The van der Waals surface area contributed by atoms with E-state index in [-0.39, 0.29) is 35.8 Å². The van der Waals surface area contributed by atoms with E-state index in [1.165, 1.54) is 120 Å². The Morgan fingerprint density at radius 1 is 0.741 bits per heavy atom. The molecule has 11 heteroatoms. The maximum absolute atomic E-state index is 13.4. The van der Waals surface area contributed by atoms with E-state index < -0.39 is 38.5 Å². The van der Waals surface area contributed by atoms with Gasteiger partial charge in [-0.15, -0.1) is 0 Å². The predicted octanol–water partition coefficient (Wildman–Crippen LogP) is 11.0. The summed E-state index contributed by atoms with van der Waals surface area (Å²) in [5, 5.41) is -0.162. The van der Waals surface area contributed by atoms with Gasteiger partial charge in [0.05, 0.1) is 0 Å². The lowest BCUT2D eigenvalue weighted by Gasteiger charge is -2.40. The molecule has 0 aromatic carbocycles. The Balaban J connectivity index is 2.02. The Bertz CT molecular complexity index is 1230. The molecule has 1 aliphatic rings. The lowest BCUT2D eigenvalue weighted by molar-refractivity contribution is -0.158. The molecule has 1 fully saturated rings. The van der Waals surface area contributed by atoms with Gasteiger partial charge in [0.1, 0.15) is 24.6 Å². The molecule has 0 spiro atoms. The van der Waals surface area contributed by atoms with Crippen molar-refractivity contribution in [3.63, 3.8) is 0 Å². The zero-order valence-electron chi connectivity index (χ0n) is 35.5. The van der Waals surface area contributed by atoms with Gasteiger partial charge in [0.25, 0.3) is 0 Å². The Labute approximate surface area is 329 Å². The highest BCUT2D eigenvalue weighted by molar-refractivity contribution is 6.74. The molecule has 1 aromatic rings. The molecule has 0 unspecified atom stereocenters. The van der Waals surface area contributed by atoms with Crippen molar-refractivity contribution in [3.8, 4) is 0 Å². The molecular formula is C43H79N3O7Si. The number of esters is 2. The molecular weight excluding hydrogens is 699 g/mol. The van der Waals surface area contributed by atoms with Crippen LogP contribution >= 0.6 is 0 Å². The van der Waals surface area contributed by atoms with Crippen molar-refractivity contribution in [1.82, 2.24) is 9.55 Å². The third-order valence-electron chi connectivity index (χ3n) is 11.3. The van der Waals surface area contributed by atoms with Gasteiger partial charge in [0.2, 0.25) is 0 Å². The molecule has 10 nitrogen and oxygen atoms in total. The smallest absolute Gasteiger partial charge is 0.351 e. The fraction of sp³-hybridized carbons (Fsp3) is 0.860. The topological polar surface area (TPSA) is 132 Å². The van der Waals surface area contributed by atoms with Crippen molar-refractivity contribution in [1.29, 1.82) is 0 Å². The lowest BCUT2D eigenvalue weighted by Crippen LogP contribution is -2.51. The van der Waals surface area contributed by atoms with Crippen LogP contribution in [0.1, 0.15) is 195 Å². The molecule has 312 valence electrons. The Hall–Kier alpha value is -2.24. The number of nitrogen functional groups attached to an aromatic ring is 1. The minimum atomic E-state index is -2.45. The second kappa shape index (κ2) is 26.6. The summed E-state index contributed by atoms with van der Waals surface area (Å²) in [7, 11) is -2.45. The van der Waals surface area contributed by atoms with Gasteiger partial charge in [0.15, 0.2) is 20.6 Å². The zero-order valence-corrected chi connectivity index (χ0v) is 36.5. The van der Waals surface area contributed by atoms with E-state index in [1.54, 1.807) is 0 Å². The largest absolute Gasteiger partial charge is 0.463 e. The van der Waals surface area contributed by atoms with E-state index in [9.17, 15) is 14.4 Å². The Morgan fingerprint density at radius 3 is 1.63 bits per heavy atom. The van der Waals surface area contributed by atoms with E-state index >= 15 is 0 Å². The molecule has 2 N–H and O–H groups in total. The van der Waals surface area contributed by atoms with Crippen LogP contribution < -0.4 is 11.4 Å². The van der Waals surface area contributed by atoms with Crippen molar-refractivity contribution >= 4 is 26.1 Å². The quantitative estimate of drug-likeness (QED) is 0.0460. The maximum Gasteiger partial charge on any atom is 0.351 e. The average molecular weight is 778 g/mol. The normalized spacial score (nSPS) is 18.9. The molecule has 4 atom stereocenters. The molecule has 0 aliphatic carbocycles. The van der Waals surface area contributed by atoms with E-state index in [0.717, 1.165) is 38.5 Å². The number of nitrogens with two attached hydrogens (primary N) is 1. The highest BCUT2D eigenvalue weighted by atomic mass is 28.4. The first kappa shape index (κ1) is 47.9. The van der Waals surface area contributed by atoms with Gasteiger partial charge in [-0.3, -0.25) is 14.2 Å². The van der Waals surface area contributed by atoms with Crippen LogP contribution in [0.3, 0.4) is 0 Å². The van der Waals surface area contributed by atoms with Gasteiger partial charge < -0.3 is 24.4 Å². The highest BCUT2D eigenvalue weighted by Crippen LogP contribution is 2.42. The minimum Gasteiger partial charge on any atom is -0.463 e. The standard InChI is InChI=1S/C43H79N3O7Si/c1-8-10-12-14-16-18-20-22-24-26-28-30-37(47)50-34-35-39(53-54(6,7)43(3,4)5)40(41(51-35)46-33-32-36(44)45-42(46)49)52-38(48)31-29-27-25-23-21-19-17-15-13-11-9-2/h32-33,35,39-41H,8-31,34H2,1-7H3,(H2,44,45,49)/t35-,39-,40+,41-/m1/s1. The Morgan fingerprint density at radius 2 is 1.19 bits per heavy atom. The van der Waals surface area contributed by atoms with Crippen molar-refractivity contribution in [2.45, 2.75) is 231 Å². The van der Waals surface area contributed by atoms with Gasteiger partial charge in [-0.25, -0.2) is 4.79 Å². The molecule has 1 aromatic heterocycles. The first-order valence-corrected chi connectivity index (χ1v) is 24.7. The number of anilines is 1. The number of carbonyl (C=O) groups excluding carboxylic acids is 2. The van der Waals surface area contributed by atoms with Gasteiger partial charge in [-0.05, 0) is 37.0 Å². The summed E-state index contributed by atoms with van der Waals surface area (Å²) in [5.41, 5.74) is 5.19. The third-order valence-corrected chi connectivity index (χ3v) is 15.8. The van der Waals surface area contributed by atoms with E-state index in [0.29, 0.717) is 6.42 Å². The summed E-state index contributed by atoms with van der Waals surface area (Å²) in [6.07, 6.45) is 24.9. The van der Waals surface area contributed by atoms with Crippen LogP contribution in [0.15, 0.2) is 17.1 Å². The summed E-state index contributed by atoms with van der Waals surface area (Å²) in [4.78, 5) is 43.3. The number of ether oxygens (including phenoxy) is 3. The van der Waals surface area contributed by atoms with Crippen LogP contribution in [-0.2, 0) is 28.2 Å². The predicted molar refractivity (Wildman–Crippen MR) is 222 cm³/mol. The second-order valence-corrected chi connectivity index (χ2v) is 21.9. The number of carbonyl (C=O) groups is 2. The van der Waals surface area contributed by atoms with Crippen LogP contribution in [0.5, 0.6) is 0 Å². The molecule has 2 heterocycles. The van der Waals surface area contributed by atoms with Crippen LogP contribution in [0.2, 0.25) is 18.1 Å². The SMILES string of the molecule is CCCCCCCCCCCCCC(=O)OC[C@H]1O[C@@H](n2ccc(N)nc2=O)[C@@H](OC(=O)CCCCCCCCCCCCC)[C@@H]1O[Si](C)(C)C(C)(C)C. The van der Waals surface area contributed by atoms with Gasteiger partial charge in [-0.1, -0.05) is 163 Å². The summed E-state index contributed by atoms with van der Waals surface area (Å²) >= 11 is 0. The highest BCUT2D eigenvalue weighted by Gasteiger charge is 2.53. The Kier molecular flexibility index (Phi) is 23.6. The first-order chi connectivity index (χ1) is 25.8. The van der Waals surface area contributed by atoms with Crippen molar-refractivity contribution in [2.75, 3.05) is 12.3 Å². The minimum absolute atomic E-state index is 0.0730. The summed E-state index contributed by atoms with van der Waals surface area (Å²) < 4.78 is 26.6. The van der Waals surface area contributed by atoms with Crippen LogP contribution in [-0.4, -0.2) is 54.7 Å². The summed E-state index contributed by atoms with van der Waals surface area (Å²) in [6, 6.07) is 1.51. The number of unbranched alkanes of at least 4 members (excludes halogenated alkanes) is 20. The van der Waals surface area contributed by atoms with E-state index in [1.807, 2.05) is 0 Å². The molecule has 1 aliphatic heterocycles. The van der Waals surface area contributed by atoms with Gasteiger partial charge in [0, 0.05) is 19.0 Å². The number of hydrogen-bond donors (Lipinski definition) is 1.